The molecular formula is C14H29N. The van der Waals surface area contributed by atoms with Crippen molar-refractivity contribution >= 4 is 0 Å². The van der Waals surface area contributed by atoms with E-state index in [1.165, 1.54) is 13.1 Å². The highest BCUT2D eigenvalue weighted by atomic mass is 15.2. The van der Waals surface area contributed by atoms with E-state index < -0.39 is 0 Å². The molecule has 0 N–H and O–H groups in total. The van der Waals surface area contributed by atoms with Gasteiger partial charge < -0.3 is 4.90 Å². The fraction of sp³-hybridized carbons (Fsp3) is 1.00. The molecule has 0 radical (unpaired) electrons. The number of nitrogens with zero attached hydrogens (tertiary/aromatic N) is 1. The van der Waals surface area contributed by atoms with Crippen molar-refractivity contribution in [3.8, 4) is 0 Å². The Hall–Kier alpha value is -0.0400. The van der Waals surface area contributed by atoms with Crippen LogP contribution in [0.3, 0.4) is 0 Å². The number of hydrogen-bond acceptors (Lipinski definition) is 1. The molecule has 1 rings (SSSR count). The van der Waals surface area contributed by atoms with Crippen molar-refractivity contribution in [1.82, 2.24) is 4.90 Å². The van der Waals surface area contributed by atoms with Gasteiger partial charge in [0.25, 0.3) is 0 Å². The van der Waals surface area contributed by atoms with Crippen LogP contribution in [0.15, 0.2) is 0 Å². The minimum atomic E-state index is 0.519. The molecule has 0 bridgehead atoms. The highest BCUT2D eigenvalue weighted by molar-refractivity contribution is 4.94. The molecule has 0 spiro atoms. The molecule has 1 heterocycles. The zero-order valence-corrected chi connectivity index (χ0v) is 11.7. The summed E-state index contributed by atoms with van der Waals surface area (Å²) in [4.78, 5) is 2.64. The van der Waals surface area contributed by atoms with Crippen LogP contribution in [0.1, 0.15) is 48.5 Å². The first kappa shape index (κ1) is 13.0. The Labute approximate surface area is 96.2 Å². The van der Waals surface area contributed by atoms with Crippen molar-refractivity contribution in [2.45, 2.75) is 54.5 Å². The van der Waals surface area contributed by atoms with Gasteiger partial charge in [-0.2, -0.15) is 0 Å². The Morgan fingerprint density at radius 1 is 1.00 bits per heavy atom. The van der Waals surface area contributed by atoms with Gasteiger partial charge in [0.2, 0.25) is 0 Å². The summed E-state index contributed by atoms with van der Waals surface area (Å²) in [5, 5.41) is 0. The van der Waals surface area contributed by atoms with Gasteiger partial charge in [-0.3, -0.25) is 0 Å². The van der Waals surface area contributed by atoms with E-state index in [0.29, 0.717) is 11.5 Å². The van der Waals surface area contributed by atoms with Gasteiger partial charge in [0.1, 0.15) is 0 Å². The van der Waals surface area contributed by atoms with Crippen LogP contribution < -0.4 is 0 Å². The van der Waals surface area contributed by atoms with Crippen LogP contribution in [-0.2, 0) is 0 Å². The topological polar surface area (TPSA) is 3.24 Å². The molecule has 0 amide bonds. The average Bonchev–Trinajstić information content (AvgIpc) is 2.12. The molecule has 2 atom stereocenters. The van der Waals surface area contributed by atoms with E-state index in [1.54, 1.807) is 0 Å². The first-order valence-electron chi connectivity index (χ1n) is 6.54. The number of rotatable bonds is 2. The van der Waals surface area contributed by atoms with Gasteiger partial charge in [0.05, 0.1) is 0 Å². The molecule has 1 saturated heterocycles. The maximum Gasteiger partial charge on any atom is 0.00388 e. The third-order valence-corrected chi connectivity index (χ3v) is 5.11. The lowest BCUT2D eigenvalue weighted by atomic mass is 9.60. The normalized spacial score (nSPS) is 39.0. The zero-order valence-electron chi connectivity index (χ0n) is 11.7. The van der Waals surface area contributed by atoms with E-state index in [-0.39, 0.29) is 0 Å². The average molecular weight is 211 g/mol. The highest BCUT2D eigenvalue weighted by Gasteiger charge is 2.44. The summed E-state index contributed by atoms with van der Waals surface area (Å²) in [5.41, 5.74) is 0.519. The van der Waals surface area contributed by atoms with E-state index in [2.05, 4.69) is 53.4 Å². The molecule has 0 saturated carbocycles. The Balaban J connectivity index is 2.81. The Bertz CT molecular complexity index is 195. The Morgan fingerprint density at radius 2 is 1.40 bits per heavy atom. The molecule has 2 unspecified atom stereocenters. The monoisotopic (exact) mass is 211 g/mol. The Kier molecular flexibility index (Phi) is 3.86. The third-order valence-electron chi connectivity index (χ3n) is 5.11. The van der Waals surface area contributed by atoms with Crippen molar-refractivity contribution in [3.63, 3.8) is 0 Å². The zero-order chi connectivity index (χ0) is 11.8. The summed E-state index contributed by atoms with van der Waals surface area (Å²) in [6.45, 7) is 19.3. The third kappa shape index (κ3) is 2.22. The lowest BCUT2D eigenvalue weighted by Gasteiger charge is -2.52. The van der Waals surface area contributed by atoms with Crippen molar-refractivity contribution < 1.29 is 0 Å². The van der Waals surface area contributed by atoms with Crippen LogP contribution in [0.5, 0.6) is 0 Å². The van der Waals surface area contributed by atoms with Crippen LogP contribution in [-0.4, -0.2) is 24.0 Å². The molecule has 1 heteroatoms. The summed E-state index contributed by atoms with van der Waals surface area (Å²) >= 11 is 0. The molecule has 1 nitrogen and oxygen atoms in total. The molecule has 0 aromatic heterocycles. The minimum absolute atomic E-state index is 0.519. The Morgan fingerprint density at radius 3 is 1.67 bits per heavy atom. The van der Waals surface area contributed by atoms with E-state index >= 15 is 0 Å². The lowest BCUT2D eigenvalue weighted by Crippen LogP contribution is -2.54. The van der Waals surface area contributed by atoms with Crippen LogP contribution in [0.4, 0.5) is 0 Å². The van der Waals surface area contributed by atoms with Crippen molar-refractivity contribution in [1.29, 1.82) is 0 Å². The number of piperidine rings is 1. The smallest absolute Gasteiger partial charge is 0.00388 e. The van der Waals surface area contributed by atoms with E-state index in [9.17, 15) is 0 Å². The van der Waals surface area contributed by atoms with Gasteiger partial charge in [-0.25, -0.2) is 0 Å². The van der Waals surface area contributed by atoms with Gasteiger partial charge in [-0.05, 0) is 37.0 Å². The predicted molar refractivity (Wildman–Crippen MR) is 68.0 cm³/mol. The van der Waals surface area contributed by atoms with E-state index in [0.717, 1.165) is 17.8 Å². The summed E-state index contributed by atoms with van der Waals surface area (Å²) in [6.07, 6.45) is 0. The number of hydrogen-bond donors (Lipinski definition) is 0. The SMILES string of the molecule is CC(C)N1CC(C)C(C)(C(C)C)C(C)C1. The summed E-state index contributed by atoms with van der Waals surface area (Å²) in [6, 6.07) is 0.701. The first-order chi connectivity index (χ1) is 6.80. The lowest BCUT2D eigenvalue weighted by molar-refractivity contribution is -0.0417. The maximum absolute atomic E-state index is 2.64. The largest absolute Gasteiger partial charge is 0.300 e. The quantitative estimate of drug-likeness (QED) is 0.674. The van der Waals surface area contributed by atoms with Crippen molar-refractivity contribution in [2.75, 3.05) is 13.1 Å². The summed E-state index contributed by atoms with van der Waals surface area (Å²) in [7, 11) is 0. The van der Waals surface area contributed by atoms with E-state index in [4.69, 9.17) is 0 Å². The van der Waals surface area contributed by atoms with Gasteiger partial charge >= 0.3 is 0 Å². The van der Waals surface area contributed by atoms with Crippen molar-refractivity contribution in [2.24, 2.45) is 23.2 Å². The minimum Gasteiger partial charge on any atom is -0.300 e. The molecule has 1 aliphatic rings. The molecule has 90 valence electrons. The van der Waals surface area contributed by atoms with Gasteiger partial charge in [0.15, 0.2) is 0 Å². The van der Waals surface area contributed by atoms with Gasteiger partial charge in [-0.1, -0.05) is 34.6 Å². The molecule has 1 aliphatic heterocycles. The molecule has 15 heavy (non-hydrogen) atoms. The second kappa shape index (κ2) is 4.45. The standard InChI is InChI=1S/C14H29N/c1-10(2)14(7)12(5)8-15(11(3)4)9-13(14)6/h10-13H,8-9H2,1-7H3. The second-order valence-electron chi connectivity index (χ2n) is 6.37. The highest BCUT2D eigenvalue weighted by Crippen LogP contribution is 2.46. The molecule has 1 fully saturated rings. The molecule has 0 aromatic carbocycles. The first-order valence-corrected chi connectivity index (χ1v) is 6.54. The fourth-order valence-electron chi connectivity index (χ4n) is 3.22. The maximum atomic E-state index is 2.64. The second-order valence-corrected chi connectivity index (χ2v) is 6.37. The fourth-order valence-corrected chi connectivity index (χ4v) is 3.22. The van der Waals surface area contributed by atoms with E-state index in [1.807, 2.05) is 0 Å². The molecule has 0 aromatic rings. The van der Waals surface area contributed by atoms with Crippen LogP contribution in [0.25, 0.3) is 0 Å². The van der Waals surface area contributed by atoms with Crippen LogP contribution in [0.2, 0.25) is 0 Å². The van der Waals surface area contributed by atoms with Crippen LogP contribution in [0, 0.1) is 23.2 Å². The molecule has 0 aliphatic carbocycles. The molecular weight excluding hydrogens is 182 g/mol. The van der Waals surface area contributed by atoms with Crippen molar-refractivity contribution in [3.05, 3.63) is 0 Å². The van der Waals surface area contributed by atoms with Gasteiger partial charge in [-0.15, -0.1) is 0 Å². The summed E-state index contributed by atoms with van der Waals surface area (Å²) in [5.74, 6) is 2.41. The van der Waals surface area contributed by atoms with Gasteiger partial charge in [0, 0.05) is 19.1 Å². The number of likely N-dealkylation sites (tertiary alicyclic amines) is 1. The van der Waals surface area contributed by atoms with Crippen LogP contribution >= 0.6 is 0 Å². The summed E-state index contributed by atoms with van der Waals surface area (Å²) < 4.78 is 0. The predicted octanol–water partition coefficient (Wildman–Crippen LogP) is 3.64.